The number of halogens is 2. The minimum absolute atomic E-state index is 0.396. The quantitative estimate of drug-likeness (QED) is 0.931. The molecule has 1 aromatic heterocycles. The van der Waals surface area contributed by atoms with Gasteiger partial charge >= 0.3 is 0 Å². The first-order valence-electron chi connectivity index (χ1n) is 5.04. The molecular weight excluding hydrogens is 259 g/mol. The molecule has 2 rings (SSSR count). The molecule has 2 aromatic rings. The van der Waals surface area contributed by atoms with Gasteiger partial charge in [0.1, 0.15) is 12.4 Å². The predicted molar refractivity (Wildman–Crippen MR) is 67.2 cm³/mol. The van der Waals surface area contributed by atoms with Gasteiger partial charge in [-0.1, -0.05) is 29.3 Å². The zero-order valence-electron chi connectivity index (χ0n) is 8.85. The van der Waals surface area contributed by atoms with Gasteiger partial charge < -0.3 is 5.11 Å². The van der Waals surface area contributed by atoms with E-state index in [-0.39, 0.29) is 0 Å². The lowest BCUT2D eigenvalue weighted by molar-refractivity contribution is 0.173. The van der Waals surface area contributed by atoms with Crippen LogP contribution in [-0.4, -0.2) is 15.1 Å². The van der Waals surface area contributed by atoms with Crippen LogP contribution >= 0.6 is 23.2 Å². The standard InChI is InChI=1S/C12H10Cl2N2O/c13-9-2-1-8(10(14)6-9)5-12(17)11-3-4-15-7-16-11/h1-4,6-7,12,17H,5H2. The molecule has 1 heterocycles. The predicted octanol–water partition coefficient (Wildman–Crippen LogP) is 3.06. The molecule has 0 aliphatic carbocycles. The van der Waals surface area contributed by atoms with Gasteiger partial charge in [0, 0.05) is 22.7 Å². The van der Waals surface area contributed by atoms with Gasteiger partial charge in [-0.15, -0.1) is 0 Å². The highest BCUT2D eigenvalue weighted by molar-refractivity contribution is 6.35. The van der Waals surface area contributed by atoms with E-state index < -0.39 is 6.10 Å². The average molecular weight is 269 g/mol. The highest BCUT2D eigenvalue weighted by atomic mass is 35.5. The van der Waals surface area contributed by atoms with Crippen molar-refractivity contribution in [3.8, 4) is 0 Å². The fourth-order valence-corrected chi connectivity index (χ4v) is 1.98. The van der Waals surface area contributed by atoms with Crippen molar-refractivity contribution in [2.45, 2.75) is 12.5 Å². The van der Waals surface area contributed by atoms with Crippen LogP contribution in [0.3, 0.4) is 0 Å². The van der Waals surface area contributed by atoms with E-state index in [0.29, 0.717) is 22.2 Å². The second-order valence-electron chi connectivity index (χ2n) is 3.59. The molecule has 1 aromatic carbocycles. The van der Waals surface area contributed by atoms with Crippen LogP contribution in [0.4, 0.5) is 0 Å². The summed E-state index contributed by atoms with van der Waals surface area (Å²) in [4.78, 5) is 7.79. The number of benzene rings is 1. The Morgan fingerprint density at radius 3 is 2.71 bits per heavy atom. The van der Waals surface area contributed by atoms with E-state index in [1.807, 2.05) is 0 Å². The molecule has 3 nitrogen and oxygen atoms in total. The van der Waals surface area contributed by atoms with Gasteiger partial charge in [-0.3, -0.25) is 0 Å². The van der Waals surface area contributed by atoms with E-state index in [9.17, 15) is 5.11 Å². The number of aliphatic hydroxyl groups excluding tert-OH is 1. The number of nitrogens with zero attached hydrogens (tertiary/aromatic N) is 2. The van der Waals surface area contributed by atoms with E-state index in [1.54, 1.807) is 30.5 Å². The van der Waals surface area contributed by atoms with Gasteiger partial charge in [0.15, 0.2) is 0 Å². The second kappa shape index (κ2) is 5.45. The second-order valence-corrected chi connectivity index (χ2v) is 4.43. The van der Waals surface area contributed by atoms with Crippen molar-refractivity contribution in [1.82, 2.24) is 9.97 Å². The maximum atomic E-state index is 9.99. The summed E-state index contributed by atoms with van der Waals surface area (Å²) in [6.07, 6.45) is 2.70. The highest BCUT2D eigenvalue weighted by Gasteiger charge is 2.12. The third-order valence-corrected chi connectivity index (χ3v) is 2.96. The van der Waals surface area contributed by atoms with Gasteiger partial charge in [-0.2, -0.15) is 0 Å². The Bertz CT molecular complexity index is 505. The van der Waals surface area contributed by atoms with E-state index in [1.165, 1.54) is 6.33 Å². The zero-order chi connectivity index (χ0) is 12.3. The lowest BCUT2D eigenvalue weighted by Crippen LogP contribution is -2.04. The van der Waals surface area contributed by atoms with Crippen molar-refractivity contribution in [3.63, 3.8) is 0 Å². The molecule has 88 valence electrons. The Morgan fingerprint density at radius 1 is 1.24 bits per heavy atom. The minimum Gasteiger partial charge on any atom is -0.386 e. The van der Waals surface area contributed by atoms with Crippen molar-refractivity contribution < 1.29 is 5.11 Å². The van der Waals surface area contributed by atoms with Crippen LogP contribution in [0.25, 0.3) is 0 Å². The number of aromatic nitrogens is 2. The summed E-state index contributed by atoms with van der Waals surface area (Å²) in [5, 5.41) is 11.1. The van der Waals surface area contributed by atoms with Gasteiger partial charge in [0.2, 0.25) is 0 Å². The van der Waals surface area contributed by atoms with Gasteiger partial charge in [-0.05, 0) is 23.8 Å². The van der Waals surface area contributed by atoms with Crippen molar-refractivity contribution in [1.29, 1.82) is 0 Å². The molecule has 0 bridgehead atoms. The van der Waals surface area contributed by atoms with Crippen LogP contribution in [0.15, 0.2) is 36.8 Å². The summed E-state index contributed by atoms with van der Waals surface area (Å²) in [5.74, 6) is 0. The largest absolute Gasteiger partial charge is 0.386 e. The number of hydrogen-bond donors (Lipinski definition) is 1. The molecule has 1 N–H and O–H groups in total. The molecule has 0 aliphatic rings. The molecule has 0 spiro atoms. The van der Waals surface area contributed by atoms with Crippen molar-refractivity contribution in [2.24, 2.45) is 0 Å². The molecule has 0 fully saturated rings. The number of aliphatic hydroxyl groups is 1. The fourth-order valence-electron chi connectivity index (χ4n) is 1.50. The first-order valence-corrected chi connectivity index (χ1v) is 5.80. The Hall–Kier alpha value is -1.16. The summed E-state index contributed by atoms with van der Waals surface area (Å²) in [6, 6.07) is 6.88. The van der Waals surface area contributed by atoms with E-state index in [0.717, 1.165) is 5.56 Å². The lowest BCUT2D eigenvalue weighted by Gasteiger charge is -2.11. The summed E-state index contributed by atoms with van der Waals surface area (Å²) >= 11 is 11.8. The Labute approximate surface area is 109 Å². The molecule has 0 aliphatic heterocycles. The first-order chi connectivity index (χ1) is 8.16. The number of hydrogen-bond acceptors (Lipinski definition) is 3. The lowest BCUT2D eigenvalue weighted by atomic mass is 10.1. The molecule has 0 saturated carbocycles. The van der Waals surface area contributed by atoms with Crippen LogP contribution in [0.5, 0.6) is 0 Å². The Balaban J connectivity index is 2.16. The summed E-state index contributed by atoms with van der Waals surface area (Å²) in [6.45, 7) is 0. The average Bonchev–Trinajstić information content (AvgIpc) is 2.34. The smallest absolute Gasteiger partial charge is 0.115 e. The monoisotopic (exact) mass is 268 g/mol. The van der Waals surface area contributed by atoms with Crippen molar-refractivity contribution in [3.05, 3.63) is 58.1 Å². The SMILES string of the molecule is OC(Cc1ccc(Cl)cc1Cl)c1ccncn1. The molecule has 0 saturated heterocycles. The number of rotatable bonds is 3. The van der Waals surface area contributed by atoms with Crippen LogP contribution in [0, 0.1) is 0 Å². The molecule has 17 heavy (non-hydrogen) atoms. The maximum Gasteiger partial charge on any atom is 0.115 e. The minimum atomic E-state index is -0.698. The van der Waals surface area contributed by atoms with E-state index in [4.69, 9.17) is 23.2 Å². The van der Waals surface area contributed by atoms with E-state index in [2.05, 4.69) is 9.97 Å². The van der Waals surface area contributed by atoms with Gasteiger partial charge in [0.25, 0.3) is 0 Å². The fraction of sp³-hybridized carbons (Fsp3) is 0.167. The van der Waals surface area contributed by atoms with Crippen molar-refractivity contribution >= 4 is 23.2 Å². The Kier molecular flexibility index (Phi) is 3.94. The summed E-state index contributed by atoms with van der Waals surface area (Å²) < 4.78 is 0. The van der Waals surface area contributed by atoms with E-state index >= 15 is 0 Å². The van der Waals surface area contributed by atoms with Gasteiger partial charge in [-0.25, -0.2) is 9.97 Å². The van der Waals surface area contributed by atoms with Crippen LogP contribution in [0.1, 0.15) is 17.4 Å². The molecule has 5 heteroatoms. The highest BCUT2D eigenvalue weighted by Crippen LogP contribution is 2.25. The molecule has 0 radical (unpaired) electrons. The Morgan fingerprint density at radius 2 is 2.06 bits per heavy atom. The summed E-state index contributed by atoms with van der Waals surface area (Å²) in [7, 11) is 0. The normalized spacial score (nSPS) is 12.4. The molecular formula is C12H10Cl2N2O. The van der Waals surface area contributed by atoms with Crippen LogP contribution < -0.4 is 0 Å². The zero-order valence-corrected chi connectivity index (χ0v) is 10.4. The third-order valence-electron chi connectivity index (χ3n) is 2.37. The first kappa shape index (κ1) is 12.3. The summed E-state index contributed by atoms with van der Waals surface area (Å²) in [5.41, 5.74) is 1.41. The topological polar surface area (TPSA) is 46.0 Å². The van der Waals surface area contributed by atoms with Crippen LogP contribution in [0.2, 0.25) is 10.0 Å². The molecule has 1 atom stereocenters. The molecule has 1 unspecified atom stereocenters. The maximum absolute atomic E-state index is 9.99. The van der Waals surface area contributed by atoms with Crippen molar-refractivity contribution in [2.75, 3.05) is 0 Å². The molecule has 0 amide bonds. The van der Waals surface area contributed by atoms with Gasteiger partial charge in [0.05, 0.1) is 5.69 Å². The third kappa shape index (κ3) is 3.16. The van der Waals surface area contributed by atoms with Crippen LogP contribution in [-0.2, 0) is 6.42 Å².